The summed E-state index contributed by atoms with van der Waals surface area (Å²) in [5, 5.41) is 4.07. The fourth-order valence-electron chi connectivity index (χ4n) is 4.39. The molecule has 0 aliphatic carbocycles. The first kappa shape index (κ1) is 21.9. The lowest BCUT2D eigenvalue weighted by Gasteiger charge is -2.25. The summed E-state index contributed by atoms with van der Waals surface area (Å²) in [6.45, 7) is 11.0. The quantitative estimate of drug-likeness (QED) is 0.554. The highest BCUT2D eigenvalue weighted by atomic mass is 16.1. The van der Waals surface area contributed by atoms with Crippen molar-refractivity contribution in [2.75, 3.05) is 6.54 Å². The van der Waals surface area contributed by atoms with E-state index >= 15 is 0 Å². The van der Waals surface area contributed by atoms with Crippen LogP contribution in [0.15, 0.2) is 64.8 Å². The molecule has 0 saturated carbocycles. The third-order valence-electron chi connectivity index (χ3n) is 6.39. The maximum atomic E-state index is 13.4. The van der Waals surface area contributed by atoms with Gasteiger partial charge in [0.2, 0.25) is 0 Å². The van der Waals surface area contributed by atoms with E-state index in [0.717, 1.165) is 53.0 Å². The summed E-state index contributed by atoms with van der Waals surface area (Å²) in [6, 6.07) is 16.6. The number of allylic oxidation sites excluding steroid dienone is 1. The summed E-state index contributed by atoms with van der Waals surface area (Å²) < 4.78 is 0. The predicted molar refractivity (Wildman–Crippen MR) is 132 cm³/mol. The molecule has 1 aromatic heterocycles. The first-order valence-electron chi connectivity index (χ1n) is 11.3. The molecule has 4 nitrogen and oxygen atoms in total. The maximum absolute atomic E-state index is 13.4. The Morgan fingerprint density at radius 1 is 0.969 bits per heavy atom. The highest BCUT2D eigenvalue weighted by Gasteiger charge is 2.23. The van der Waals surface area contributed by atoms with Gasteiger partial charge in [-0.3, -0.25) is 14.8 Å². The average molecular weight is 426 g/mol. The minimum atomic E-state index is -0.103. The Morgan fingerprint density at radius 2 is 1.69 bits per heavy atom. The molecule has 1 aliphatic heterocycles. The molecule has 1 atom stereocenters. The zero-order valence-corrected chi connectivity index (χ0v) is 19.6. The van der Waals surface area contributed by atoms with Gasteiger partial charge in [0.05, 0.1) is 22.5 Å². The van der Waals surface area contributed by atoms with Crippen molar-refractivity contribution in [3.63, 3.8) is 0 Å². The average Bonchev–Trinajstić information content (AvgIpc) is 2.77. The van der Waals surface area contributed by atoms with E-state index in [0.29, 0.717) is 11.5 Å². The number of pyridine rings is 1. The highest BCUT2D eigenvalue weighted by molar-refractivity contribution is 6.11. The molecule has 1 aliphatic rings. The Hall–Kier alpha value is -3.27. The minimum Gasteiger partial charge on any atom is -0.320 e. The number of carbonyl (C=O) groups is 1. The number of nitrogens with one attached hydrogen (secondary N) is 1. The number of nitrogens with zero attached hydrogens (tertiary/aromatic N) is 2. The zero-order valence-electron chi connectivity index (χ0n) is 19.6. The summed E-state index contributed by atoms with van der Waals surface area (Å²) in [6.07, 6.45) is 2.02. The van der Waals surface area contributed by atoms with Crippen LogP contribution in [0.1, 0.15) is 53.0 Å². The van der Waals surface area contributed by atoms with Crippen LogP contribution >= 0.6 is 0 Å². The zero-order chi connectivity index (χ0) is 22.8. The number of aryl methyl sites for hydroxylation is 4. The second kappa shape index (κ2) is 9.07. The van der Waals surface area contributed by atoms with E-state index in [4.69, 9.17) is 4.99 Å². The first-order chi connectivity index (χ1) is 15.3. The van der Waals surface area contributed by atoms with Crippen molar-refractivity contribution in [3.05, 3.63) is 87.7 Å². The maximum Gasteiger partial charge on any atom is 0.256 e. The van der Waals surface area contributed by atoms with Crippen molar-refractivity contribution in [1.29, 1.82) is 0 Å². The van der Waals surface area contributed by atoms with Crippen LogP contribution in [0.3, 0.4) is 0 Å². The number of amides is 1. The van der Waals surface area contributed by atoms with Crippen molar-refractivity contribution in [2.45, 2.75) is 47.5 Å². The van der Waals surface area contributed by atoms with Gasteiger partial charge in [0.1, 0.15) is 0 Å². The second-order valence-corrected chi connectivity index (χ2v) is 8.99. The van der Waals surface area contributed by atoms with E-state index < -0.39 is 0 Å². The van der Waals surface area contributed by atoms with E-state index in [2.05, 4.69) is 48.4 Å². The summed E-state index contributed by atoms with van der Waals surface area (Å²) in [5.41, 5.74) is 9.04. The van der Waals surface area contributed by atoms with Crippen molar-refractivity contribution in [2.24, 2.45) is 10.9 Å². The Balaban J connectivity index is 1.58. The van der Waals surface area contributed by atoms with Crippen LogP contribution < -0.4 is 5.32 Å². The van der Waals surface area contributed by atoms with Crippen LogP contribution in [-0.4, -0.2) is 23.1 Å². The number of hydrogen-bond acceptors (Lipinski definition) is 3. The number of aromatic nitrogens is 1. The van der Waals surface area contributed by atoms with Gasteiger partial charge in [0, 0.05) is 23.5 Å². The lowest BCUT2D eigenvalue weighted by molar-refractivity contribution is 0.0968. The van der Waals surface area contributed by atoms with Gasteiger partial charge >= 0.3 is 0 Å². The molecule has 0 bridgehead atoms. The molecule has 1 N–H and O–H groups in total. The molecule has 1 unspecified atom stereocenters. The number of fused-ring (bicyclic) bond motifs is 1. The third-order valence-corrected chi connectivity index (χ3v) is 6.39. The number of aliphatic imine (C=N–C) groups is 1. The topological polar surface area (TPSA) is 54.4 Å². The predicted octanol–water partition coefficient (Wildman–Crippen LogP) is 5.89. The van der Waals surface area contributed by atoms with Gasteiger partial charge in [-0.05, 0) is 76.8 Å². The molecule has 4 rings (SSSR count). The number of benzene rings is 2. The molecule has 164 valence electrons. The lowest BCUT2D eigenvalue weighted by atomic mass is 9.88. The van der Waals surface area contributed by atoms with Gasteiger partial charge in [0.25, 0.3) is 5.91 Å². The molecule has 0 spiro atoms. The molecule has 4 heteroatoms. The molecule has 3 aromatic rings. The summed E-state index contributed by atoms with van der Waals surface area (Å²) in [7, 11) is 0. The van der Waals surface area contributed by atoms with Crippen LogP contribution in [0, 0.1) is 26.7 Å². The number of rotatable bonds is 5. The standard InChI is InChI=1S/C28H31N3O/c1-17-6-9-22(10-7-17)11-12-23-16-29-21(5)27(20(23)4)31-28(32)25-15-19(3)30-26-13-8-18(2)14-24(25)26/h6-10,13-15,23H,11-12,16H2,1-5H3,(H,31,32). The SMILES string of the molecule is CC1=NCC(CCc2ccc(C)cc2)C(C)=C1NC(=O)c1cc(C)nc2ccc(C)cc12. The molecule has 2 aromatic carbocycles. The molecule has 0 saturated heterocycles. The van der Waals surface area contributed by atoms with Crippen LogP contribution in [0.2, 0.25) is 0 Å². The fourth-order valence-corrected chi connectivity index (χ4v) is 4.39. The smallest absolute Gasteiger partial charge is 0.256 e. The Labute approximate surface area is 190 Å². The molecule has 2 heterocycles. The van der Waals surface area contributed by atoms with E-state index in [1.807, 2.05) is 45.0 Å². The number of hydrogen-bond donors (Lipinski definition) is 1. The van der Waals surface area contributed by atoms with E-state index in [1.54, 1.807) is 0 Å². The van der Waals surface area contributed by atoms with Gasteiger partial charge in [-0.2, -0.15) is 0 Å². The Morgan fingerprint density at radius 3 is 2.44 bits per heavy atom. The molecule has 0 fully saturated rings. The van der Waals surface area contributed by atoms with E-state index in [1.165, 1.54) is 16.7 Å². The van der Waals surface area contributed by atoms with Crippen LogP contribution in [0.4, 0.5) is 0 Å². The first-order valence-corrected chi connectivity index (χ1v) is 11.3. The largest absolute Gasteiger partial charge is 0.320 e. The van der Waals surface area contributed by atoms with Crippen LogP contribution in [-0.2, 0) is 6.42 Å². The number of carbonyl (C=O) groups excluding carboxylic acids is 1. The van der Waals surface area contributed by atoms with Crippen LogP contribution in [0.5, 0.6) is 0 Å². The molecule has 0 radical (unpaired) electrons. The second-order valence-electron chi connectivity index (χ2n) is 8.99. The van der Waals surface area contributed by atoms with Gasteiger partial charge in [-0.15, -0.1) is 0 Å². The monoisotopic (exact) mass is 425 g/mol. The van der Waals surface area contributed by atoms with Gasteiger partial charge < -0.3 is 5.32 Å². The third kappa shape index (κ3) is 4.64. The Kier molecular flexibility index (Phi) is 6.22. The van der Waals surface area contributed by atoms with Crippen LogP contribution in [0.25, 0.3) is 10.9 Å². The lowest BCUT2D eigenvalue weighted by Crippen LogP contribution is -2.32. The van der Waals surface area contributed by atoms with E-state index in [9.17, 15) is 4.79 Å². The molecular weight excluding hydrogens is 394 g/mol. The summed E-state index contributed by atoms with van der Waals surface area (Å²) in [5.74, 6) is 0.225. The fraction of sp³-hybridized carbons (Fsp3) is 0.321. The van der Waals surface area contributed by atoms with E-state index in [-0.39, 0.29) is 5.91 Å². The number of dihydropyridines is 1. The normalized spacial score (nSPS) is 16.3. The van der Waals surface area contributed by atoms with Crippen molar-refractivity contribution < 1.29 is 4.79 Å². The Bertz CT molecular complexity index is 1240. The minimum absolute atomic E-state index is 0.103. The van der Waals surface area contributed by atoms with Crippen molar-refractivity contribution >= 4 is 22.5 Å². The van der Waals surface area contributed by atoms with Crippen molar-refractivity contribution in [3.8, 4) is 0 Å². The van der Waals surface area contributed by atoms with Gasteiger partial charge in [0.15, 0.2) is 0 Å². The van der Waals surface area contributed by atoms with Gasteiger partial charge in [-0.25, -0.2) is 0 Å². The summed E-state index contributed by atoms with van der Waals surface area (Å²) >= 11 is 0. The summed E-state index contributed by atoms with van der Waals surface area (Å²) in [4.78, 5) is 22.7. The molecular formula is C28H31N3O. The highest BCUT2D eigenvalue weighted by Crippen LogP contribution is 2.26. The molecule has 32 heavy (non-hydrogen) atoms. The molecule has 1 amide bonds. The van der Waals surface area contributed by atoms with Crippen molar-refractivity contribution in [1.82, 2.24) is 10.3 Å². The van der Waals surface area contributed by atoms with Gasteiger partial charge in [-0.1, -0.05) is 41.5 Å².